The fourth-order valence-electron chi connectivity index (χ4n) is 8.00. The van der Waals surface area contributed by atoms with Crippen molar-refractivity contribution in [1.82, 2.24) is 10.6 Å². The molecule has 28 heavy (non-hydrogen) atoms. The van der Waals surface area contributed by atoms with Crippen LogP contribution >= 0.6 is 0 Å². The molecule has 3 heteroatoms. The highest BCUT2D eigenvalue weighted by atomic mass is 16.2. The van der Waals surface area contributed by atoms with Crippen LogP contribution in [0, 0.1) is 16.7 Å². The molecule has 4 aliphatic carbocycles. The van der Waals surface area contributed by atoms with Gasteiger partial charge in [0.15, 0.2) is 0 Å². The quantitative estimate of drug-likeness (QED) is 0.804. The summed E-state index contributed by atoms with van der Waals surface area (Å²) in [5.41, 5.74) is 1.94. The van der Waals surface area contributed by atoms with Crippen LogP contribution in [0.5, 0.6) is 0 Å². The number of benzene rings is 1. The van der Waals surface area contributed by atoms with Crippen molar-refractivity contribution in [2.45, 2.75) is 89.1 Å². The fourth-order valence-corrected chi connectivity index (χ4v) is 8.00. The van der Waals surface area contributed by atoms with E-state index in [-0.39, 0.29) is 10.8 Å². The van der Waals surface area contributed by atoms with Gasteiger partial charge < -0.3 is 10.6 Å². The molecule has 6 atom stereocenters. The Morgan fingerprint density at radius 1 is 1.14 bits per heavy atom. The summed E-state index contributed by atoms with van der Waals surface area (Å²) in [5, 5.41) is 7.05. The molecule has 1 saturated heterocycles. The number of amides is 1. The maximum absolute atomic E-state index is 13.8. The third kappa shape index (κ3) is 2.93. The van der Waals surface area contributed by atoms with Crippen LogP contribution in [0.15, 0.2) is 30.3 Å². The maximum Gasteiger partial charge on any atom is 0.226 e. The second kappa shape index (κ2) is 6.58. The predicted octanol–water partition coefficient (Wildman–Crippen LogP) is 4.56. The summed E-state index contributed by atoms with van der Waals surface area (Å²) in [4.78, 5) is 13.8. The molecule has 2 N–H and O–H groups in total. The lowest BCUT2D eigenvalue weighted by atomic mass is 9.38. The molecular formula is C25H36N2O. The number of carbonyl (C=O) groups is 1. The minimum atomic E-state index is -0.140. The first-order valence-corrected chi connectivity index (χ1v) is 11.6. The molecule has 5 aliphatic rings. The van der Waals surface area contributed by atoms with Crippen LogP contribution in [0.4, 0.5) is 0 Å². The summed E-state index contributed by atoms with van der Waals surface area (Å²) in [6.07, 6.45) is 10.6. The van der Waals surface area contributed by atoms with E-state index in [9.17, 15) is 4.79 Å². The lowest BCUT2D eigenvalue weighted by Crippen LogP contribution is -2.63. The zero-order chi connectivity index (χ0) is 19.4. The number of nitrogens with one attached hydrogen (secondary N) is 2. The Labute approximate surface area is 170 Å². The largest absolute Gasteiger partial charge is 0.353 e. The van der Waals surface area contributed by atoms with Crippen LogP contribution in [0.25, 0.3) is 0 Å². The molecule has 1 aromatic rings. The number of carbonyl (C=O) groups excluding carboxylic acids is 1. The van der Waals surface area contributed by atoms with Crippen molar-refractivity contribution in [2.75, 3.05) is 6.54 Å². The van der Waals surface area contributed by atoms with E-state index in [0.29, 0.717) is 29.3 Å². The molecule has 0 spiro atoms. The van der Waals surface area contributed by atoms with Crippen molar-refractivity contribution in [1.29, 1.82) is 0 Å². The lowest BCUT2D eigenvalue weighted by molar-refractivity contribution is -0.164. The summed E-state index contributed by atoms with van der Waals surface area (Å²) in [6.45, 7) is 5.63. The molecule has 1 aromatic carbocycles. The minimum Gasteiger partial charge on any atom is -0.353 e. The van der Waals surface area contributed by atoms with Crippen LogP contribution in [0.1, 0.15) is 77.2 Å². The van der Waals surface area contributed by atoms with Crippen molar-refractivity contribution in [3.8, 4) is 0 Å². The first kappa shape index (κ1) is 18.7. The zero-order valence-electron chi connectivity index (χ0n) is 17.6. The molecule has 6 rings (SSSR count). The number of piperidine rings is 1. The molecule has 3 unspecified atom stereocenters. The van der Waals surface area contributed by atoms with Gasteiger partial charge in [-0.25, -0.2) is 0 Å². The van der Waals surface area contributed by atoms with Crippen molar-refractivity contribution < 1.29 is 4.79 Å². The molecule has 1 amide bonds. The van der Waals surface area contributed by atoms with E-state index in [2.05, 4.69) is 54.8 Å². The SMILES string of the molecule is CCC12CC3CC(C(=O)N[C@H]4CCN[C@@H](C)C4)(C1)C[C@@](c1ccccc1)(C3)C2. The summed E-state index contributed by atoms with van der Waals surface area (Å²) in [6, 6.07) is 12.0. The van der Waals surface area contributed by atoms with E-state index < -0.39 is 0 Å². The lowest BCUT2D eigenvalue weighted by Gasteiger charge is -2.66. The van der Waals surface area contributed by atoms with E-state index in [1.54, 1.807) is 0 Å². The Kier molecular flexibility index (Phi) is 4.39. The summed E-state index contributed by atoms with van der Waals surface area (Å²) < 4.78 is 0. The normalized spacial score (nSPS) is 44.4. The second-order valence-corrected chi connectivity index (χ2v) is 10.8. The second-order valence-electron chi connectivity index (χ2n) is 10.8. The van der Waals surface area contributed by atoms with Gasteiger partial charge in [0.1, 0.15) is 0 Å². The van der Waals surface area contributed by atoms with E-state index in [1.807, 2.05) is 0 Å². The molecular weight excluding hydrogens is 344 g/mol. The Morgan fingerprint density at radius 2 is 1.96 bits per heavy atom. The summed E-state index contributed by atoms with van der Waals surface area (Å²) in [7, 11) is 0. The molecule has 5 fully saturated rings. The molecule has 152 valence electrons. The molecule has 3 nitrogen and oxygen atoms in total. The number of rotatable bonds is 4. The van der Waals surface area contributed by atoms with E-state index in [4.69, 9.17) is 0 Å². The Balaban J connectivity index is 1.46. The van der Waals surface area contributed by atoms with Crippen molar-refractivity contribution >= 4 is 5.91 Å². The van der Waals surface area contributed by atoms with Gasteiger partial charge in [0.2, 0.25) is 5.91 Å². The van der Waals surface area contributed by atoms with Crippen LogP contribution in [0.2, 0.25) is 0 Å². The molecule has 0 aromatic heterocycles. The summed E-state index contributed by atoms with van der Waals surface area (Å²) in [5.74, 6) is 1.10. The minimum absolute atomic E-state index is 0.140. The zero-order valence-corrected chi connectivity index (χ0v) is 17.6. The smallest absolute Gasteiger partial charge is 0.226 e. The Hall–Kier alpha value is -1.35. The van der Waals surface area contributed by atoms with Crippen molar-refractivity contribution in [3.63, 3.8) is 0 Å². The molecule has 0 radical (unpaired) electrons. The van der Waals surface area contributed by atoms with Gasteiger partial charge in [-0.2, -0.15) is 0 Å². The first-order valence-electron chi connectivity index (χ1n) is 11.6. The highest BCUT2D eigenvalue weighted by Crippen LogP contribution is 2.71. The van der Waals surface area contributed by atoms with Gasteiger partial charge >= 0.3 is 0 Å². The van der Waals surface area contributed by atoms with Gasteiger partial charge in [0.25, 0.3) is 0 Å². The molecule has 4 bridgehead atoms. The third-order valence-electron chi connectivity index (χ3n) is 8.76. The fraction of sp³-hybridized carbons (Fsp3) is 0.720. The number of hydrogen-bond acceptors (Lipinski definition) is 2. The van der Waals surface area contributed by atoms with Crippen LogP contribution in [-0.2, 0) is 10.2 Å². The van der Waals surface area contributed by atoms with Crippen molar-refractivity contribution in [3.05, 3.63) is 35.9 Å². The first-order chi connectivity index (χ1) is 13.5. The van der Waals surface area contributed by atoms with Crippen molar-refractivity contribution in [2.24, 2.45) is 16.7 Å². The maximum atomic E-state index is 13.8. The Morgan fingerprint density at radius 3 is 2.71 bits per heavy atom. The van der Waals surface area contributed by atoms with Gasteiger partial charge in [0.05, 0.1) is 5.41 Å². The van der Waals surface area contributed by atoms with Crippen LogP contribution in [-0.4, -0.2) is 24.5 Å². The average Bonchev–Trinajstić information content (AvgIpc) is 2.68. The molecule has 1 heterocycles. The molecule has 4 saturated carbocycles. The van der Waals surface area contributed by atoms with Gasteiger partial charge in [-0.1, -0.05) is 43.7 Å². The van der Waals surface area contributed by atoms with Gasteiger partial charge in [-0.3, -0.25) is 4.79 Å². The number of hydrogen-bond donors (Lipinski definition) is 2. The third-order valence-corrected chi connectivity index (χ3v) is 8.76. The van der Waals surface area contributed by atoms with E-state index in [1.165, 1.54) is 31.2 Å². The summed E-state index contributed by atoms with van der Waals surface area (Å²) >= 11 is 0. The van der Waals surface area contributed by atoms with Gasteiger partial charge in [-0.05, 0) is 87.1 Å². The standard InChI is InChI=1S/C25H36N2O/c1-3-23-12-19-13-24(15-23,20-7-5-4-6-8-20)17-25(14-19,16-23)22(28)27-21-9-10-26-18(2)11-21/h4-8,18-19,21,26H,3,9-17H2,1-2H3,(H,27,28)/t18-,19?,21-,23?,24+,25?/m0/s1. The topological polar surface area (TPSA) is 41.1 Å². The average molecular weight is 381 g/mol. The van der Waals surface area contributed by atoms with Crippen LogP contribution in [0.3, 0.4) is 0 Å². The van der Waals surface area contributed by atoms with Gasteiger partial charge in [-0.15, -0.1) is 0 Å². The van der Waals surface area contributed by atoms with Crippen LogP contribution < -0.4 is 10.6 Å². The monoisotopic (exact) mass is 380 g/mol. The van der Waals surface area contributed by atoms with E-state index in [0.717, 1.165) is 38.6 Å². The van der Waals surface area contributed by atoms with E-state index >= 15 is 0 Å². The molecule has 1 aliphatic heterocycles. The highest BCUT2D eigenvalue weighted by molar-refractivity contribution is 5.84. The highest BCUT2D eigenvalue weighted by Gasteiger charge is 2.65. The van der Waals surface area contributed by atoms with Gasteiger partial charge in [0, 0.05) is 12.1 Å². The predicted molar refractivity (Wildman–Crippen MR) is 113 cm³/mol. The Bertz CT molecular complexity index is 748.